The highest BCUT2D eigenvalue weighted by molar-refractivity contribution is 7.12. The van der Waals surface area contributed by atoms with Crippen LogP contribution in [-0.2, 0) is 6.42 Å². The first-order chi connectivity index (χ1) is 8.08. The molecule has 0 bridgehead atoms. The maximum Gasteiger partial charge on any atom is 0.0805 e. The minimum Gasteiger partial charge on any atom is -0.390 e. The summed E-state index contributed by atoms with van der Waals surface area (Å²) in [5.41, 5.74) is 0. The van der Waals surface area contributed by atoms with Crippen molar-refractivity contribution >= 4 is 11.3 Å². The van der Waals surface area contributed by atoms with Crippen LogP contribution in [0.3, 0.4) is 0 Å². The highest BCUT2D eigenvalue weighted by Crippen LogP contribution is 2.29. The quantitative estimate of drug-likeness (QED) is 0.785. The maximum atomic E-state index is 9.90. The van der Waals surface area contributed by atoms with Crippen molar-refractivity contribution in [2.75, 3.05) is 0 Å². The van der Waals surface area contributed by atoms with Crippen molar-refractivity contribution in [3.05, 3.63) is 21.9 Å². The highest BCUT2D eigenvalue weighted by atomic mass is 32.1. The van der Waals surface area contributed by atoms with Crippen LogP contribution in [0, 0.1) is 0 Å². The molecule has 3 atom stereocenters. The highest BCUT2D eigenvalue weighted by Gasteiger charge is 2.19. The second-order valence-corrected chi connectivity index (χ2v) is 5.92. The van der Waals surface area contributed by atoms with E-state index in [1.54, 1.807) is 0 Å². The molecule has 0 saturated heterocycles. The van der Waals surface area contributed by atoms with Crippen molar-refractivity contribution in [1.29, 1.82) is 0 Å². The molecule has 98 valence electrons. The van der Waals surface area contributed by atoms with Crippen LogP contribution in [0.2, 0.25) is 0 Å². The maximum absolute atomic E-state index is 9.90. The molecule has 1 aromatic rings. The third-order valence-corrected chi connectivity index (χ3v) is 4.60. The first-order valence-corrected chi connectivity index (χ1v) is 7.34. The lowest BCUT2D eigenvalue weighted by Crippen LogP contribution is -2.26. The largest absolute Gasteiger partial charge is 0.390 e. The monoisotopic (exact) mass is 256 g/mol. The van der Waals surface area contributed by atoms with Gasteiger partial charge in [0, 0.05) is 9.75 Å². The Bertz CT molecular complexity index is 322. The number of aliphatic hydroxyl groups is 2. The second-order valence-electron chi connectivity index (χ2n) is 4.72. The average molecular weight is 256 g/mol. The van der Waals surface area contributed by atoms with Gasteiger partial charge < -0.3 is 10.2 Å². The van der Waals surface area contributed by atoms with Gasteiger partial charge in [-0.2, -0.15) is 0 Å². The molecule has 0 fully saturated rings. The van der Waals surface area contributed by atoms with Gasteiger partial charge in [-0.25, -0.2) is 0 Å². The molecule has 0 amide bonds. The Kier molecular flexibility index (Phi) is 6.17. The minimum atomic E-state index is -0.600. The van der Waals surface area contributed by atoms with E-state index in [9.17, 15) is 10.2 Å². The lowest BCUT2D eigenvalue weighted by Gasteiger charge is -2.20. The van der Waals surface area contributed by atoms with Crippen molar-refractivity contribution in [2.45, 2.75) is 64.6 Å². The fraction of sp³-hybridized carbons (Fsp3) is 0.714. The molecule has 0 radical (unpaired) electrons. The summed E-state index contributed by atoms with van der Waals surface area (Å²) >= 11 is 1.82. The van der Waals surface area contributed by atoms with Crippen molar-refractivity contribution in [2.24, 2.45) is 0 Å². The van der Waals surface area contributed by atoms with Gasteiger partial charge in [-0.1, -0.05) is 27.2 Å². The molecule has 17 heavy (non-hydrogen) atoms. The van der Waals surface area contributed by atoms with Gasteiger partial charge in [0.05, 0.1) is 12.2 Å². The van der Waals surface area contributed by atoms with Crippen LogP contribution in [0.15, 0.2) is 12.1 Å². The van der Waals surface area contributed by atoms with Crippen molar-refractivity contribution in [1.82, 2.24) is 0 Å². The summed E-state index contributed by atoms with van der Waals surface area (Å²) in [6.07, 6.45) is 2.12. The van der Waals surface area contributed by atoms with Crippen LogP contribution in [-0.4, -0.2) is 22.4 Å². The molecule has 0 spiro atoms. The zero-order valence-electron chi connectivity index (χ0n) is 11.0. The first-order valence-electron chi connectivity index (χ1n) is 6.53. The summed E-state index contributed by atoms with van der Waals surface area (Å²) in [7, 11) is 0. The van der Waals surface area contributed by atoms with Gasteiger partial charge >= 0.3 is 0 Å². The Balaban J connectivity index is 2.50. The molecular formula is C14H24O2S. The standard InChI is InChI=1S/C14H24O2S/c1-4-6-12(15)13(16)9-10(3)14-8-7-11(5-2)17-14/h7-8,10,12-13,15-16H,4-6,9H2,1-3H3. The molecule has 2 N–H and O–H groups in total. The van der Waals surface area contributed by atoms with Crippen molar-refractivity contribution in [3.8, 4) is 0 Å². The number of thiophene rings is 1. The van der Waals surface area contributed by atoms with Gasteiger partial charge in [0.2, 0.25) is 0 Å². The Hall–Kier alpha value is -0.380. The van der Waals surface area contributed by atoms with Crippen LogP contribution in [0.1, 0.15) is 55.7 Å². The van der Waals surface area contributed by atoms with E-state index in [0.717, 1.165) is 12.8 Å². The van der Waals surface area contributed by atoms with E-state index in [1.807, 2.05) is 18.3 Å². The van der Waals surface area contributed by atoms with E-state index in [2.05, 4.69) is 26.0 Å². The Morgan fingerprint density at radius 3 is 2.41 bits per heavy atom. The summed E-state index contributed by atoms with van der Waals surface area (Å²) in [6.45, 7) is 6.29. The van der Waals surface area contributed by atoms with Crippen LogP contribution >= 0.6 is 11.3 Å². The first kappa shape index (κ1) is 14.7. The Morgan fingerprint density at radius 1 is 1.18 bits per heavy atom. The van der Waals surface area contributed by atoms with Crippen LogP contribution < -0.4 is 0 Å². The van der Waals surface area contributed by atoms with E-state index in [1.165, 1.54) is 9.75 Å². The zero-order valence-corrected chi connectivity index (χ0v) is 11.8. The summed E-state index contributed by atoms with van der Waals surface area (Å²) in [4.78, 5) is 2.69. The van der Waals surface area contributed by atoms with Gasteiger partial charge in [0.1, 0.15) is 0 Å². The summed E-state index contributed by atoms with van der Waals surface area (Å²) in [6, 6.07) is 4.30. The van der Waals surface area contributed by atoms with Crippen LogP contribution in [0.5, 0.6) is 0 Å². The Labute approximate surface area is 108 Å². The molecule has 1 heterocycles. The van der Waals surface area contributed by atoms with E-state index in [4.69, 9.17) is 0 Å². The fourth-order valence-corrected chi connectivity index (χ4v) is 2.99. The molecule has 3 heteroatoms. The predicted molar refractivity (Wildman–Crippen MR) is 73.7 cm³/mol. The van der Waals surface area contributed by atoms with E-state index >= 15 is 0 Å². The normalized spacial score (nSPS) is 16.8. The second kappa shape index (κ2) is 7.14. The fourth-order valence-electron chi connectivity index (χ4n) is 1.97. The molecule has 1 aromatic heterocycles. The molecular weight excluding hydrogens is 232 g/mol. The smallest absolute Gasteiger partial charge is 0.0805 e. The van der Waals surface area contributed by atoms with Crippen molar-refractivity contribution in [3.63, 3.8) is 0 Å². The van der Waals surface area contributed by atoms with Crippen LogP contribution in [0.25, 0.3) is 0 Å². The topological polar surface area (TPSA) is 40.5 Å². The summed E-state index contributed by atoms with van der Waals surface area (Å²) < 4.78 is 0. The average Bonchev–Trinajstić information content (AvgIpc) is 2.77. The summed E-state index contributed by atoms with van der Waals surface area (Å²) in [5, 5.41) is 19.6. The molecule has 1 rings (SSSR count). The van der Waals surface area contributed by atoms with E-state index in [0.29, 0.717) is 18.8 Å². The van der Waals surface area contributed by atoms with Gasteiger partial charge in [-0.05, 0) is 37.3 Å². The van der Waals surface area contributed by atoms with Crippen molar-refractivity contribution < 1.29 is 10.2 Å². The molecule has 0 saturated carbocycles. The zero-order chi connectivity index (χ0) is 12.8. The molecule has 0 aliphatic carbocycles. The molecule has 0 aliphatic heterocycles. The van der Waals surface area contributed by atoms with Gasteiger partial charge in [-0.15, -0.1) is 11.3 Å². The SMILES string of the molecule is CCCC(O)C(O)CC(C)c1ccc(CC)s1. The predicted octanol–water partition coefficient (Wildman–Crippen LogP) is 3.33. The number of aliphatic hydroxyl groups excluding tert-OH is 2. The lowest BCUT2D eigenvalue weighted by molar-refractivity contribution is 0.00653. The molecule has 0 aliphatic rings. The lowest BCUT2D eigenvalue weighted by atomic mass is 9.97. The molecule has 0 aromatic carbocycles. The van der Waals surface area contributed by atoms with E-state index in [-0.39, 0.29) is 0 Å². The molecule has 2 nitrogen and oxygen atoms in total. The van der Waals surface area contributed by atoms with E-state index < -0.39 is 12.2 Å². The van der Waals surface area contributed by atoms with Gasteiger partial charge in [0.15, 0.2) is 0 Å². The third-order valence-electron chi connectivity index (χ3n) is 3.14. The number of hydrogen-bond acceptors (Lipinski definition) is 3. The minimum absolute atomic E-state index is 0.321. The van der Waals surface area contributed by atoms with Gasteiger partial charge in [-0.3, -0.25) is 0 Å². The van der Waals surface area contributed by atoms with Crippen LogP contribution in [0.4, 0.5) is 0 Å². The number of hydrogen-bond donors (Lipinski definition) is 2. The third kappa shape index (κ3) is 4.41. The molecule has 3 unspecified atom stereocenters. The van der Waals surface area contributed by atoms with Gasteiger partial charge in [0.25, 0.3) is 0 Å². The number of rotatable bonds is 7. The number of aryl methyl sites for hydroxylation is 1. The Morgan fingerprint density at radius 2 is 1.88 bits per heavy atom. The summed E-state index contributed by atoms with van der Waals surface area (Å²) in [5.74, 6) is 0.321.